The molecule has 102 valence electrons. The van der Waals surface area contributed by atoms with Crippen molar-refractivity contribution in [1.29, 1.82) is 0 Å². The van der Waals surface area contributed by atoms with Gasteiger partial charge in [0.15, 0.2) is 0 Å². The number of hydrogen-bond acceptors (Lipinski definition) is 5. The summed E-state index contributed by atoms with van der Waals surface area (Å²) < 4.78 is 6.63. The lowest BCUT2D eigenvalue weighted by Gasteiger charge is -2.13. The highest BCUT2D eigenvalue weighted by atomic mass is 16.5. The summed E-state index contributed by atoms with van der Waals surface area (Å²) in [5.41, 5.74) is 1.28. The van der Waals surface area contributed by atoms with Crippen LogP contribution in [0.3, 0.4) is 0 Å². The van der Waals surface area contributed by atoms with Crippen LogP contribution in [0.5, 0.6) is 0 Å². The number of aromatic nitrogens is 2. The Morgan fingerprint density at radius 1 is 1.67 bits per heavy atom. The van der Waals surface area contributed by atoms with E-state index in [1.165, 1.54) is 6.20 Å². The Balaban J connectivity index is 2.69. The maximum absolute atomic E-state index is 11.7. The third kappa shape index (κ3) is 3.82. The van der Waals surface area contributed by atoms with Crippen LogP contribution in [0.1, 0.15) is 36.3 Å². The molecular weight excluding hydrogens is 234 g/mol. The van der Waals surface area contributed by atoms with Crippen molar-refractivity contribution in [2.45, 2.75) is 32.9 Å². The van der Waals surface area contributed by atoms with Crippen molar-refractivity contribution in [3.05, 3.63) is 17.5 Å². The Hall–Kier alpha value is -1.40. The van der Waals surface area contributed by atoms with Crippen LogP contribution in [0.4, 0.5) is 0 Å². The SMILES string of the molecule is CCOC(=O)c1cnn(C)c1CNC(C)CCO. The minimum Gasteiger partial charge on any atom is -0.462 e. The van der Waals surface area contributed by atoms with Gasteiger partial charge in [-0.1, -0.05) is 0 Å². The molecule has 0 fully saturated rings. The van der Waals surface area contributed by atoms with Crippen LogP contribution < -0.4 is 5.32 Å². The summed E-state index contributed by atoms with van der Waals surface area (Å²) in [6, 6.07) is 0.181. The van der Waals surface area contributed by atoms with Crippen LogP contribution in [0.2, 0.25) is 0 Å². The first-order chi connectivity index (χ1) is 8.60. The van der Waals surface area contributed by atoms with Gasteiger partial charge in [-0.05, 0) is 20.3 Å². The van der Waals surface area contributed by atoms with Crippen LogP contribution in [-0.2, 0) is 18.3 Å². The molecule has 1 aromatic rings. The summed E-state index contributed by atoms with van der Waals surface area (Å²) in [6.45, 7) is 4.77. The Bertz CT molecular complexity index is 390. The fourth-order valence-electron chi connectivity index (χ4n) is 1.62. The molecule has 0 aliphatic carbocycles. The van der Waals surface area contributed by atoms with E-state index < -0.39 is 0 Å². The van der Waals surface area contributed by atoms with Crippen LogP contribution in [0, 0.1) is 0 Å². The van der Waals surface area contributed by atoms with E-state index in [1.807, 2.05) is 6.92 Å². The zero-order chi connectivity index (χ0) is 13.5. The maximum Gasteiger partial charge on any atom is 0.341 e. The summed E-state index contributed by atoms with van der Waals surface area (Å²) in [6.07, 6.45) is 2.19. The number of aliphatic hydroxyl groups excluding tert-OH is 1. The van der Waals surface area contributed by atoms with Gasteiger partial charge in [-0.15, -0.1) is 0 Å². The predicted molar refractivity (Wildman–Crippen MR) is 67.2 cm³/mol. The Morgan fingerprint density at radius 2 is 2.39 bits per heavy atom. The van der Waals surface area contributed by atoms with Crippen molar-refractivity contribution < 1.29 is 14.6 Å². The topological polar surface area (TPSA) is 76.4 Å². The maximum atomic E-state index is 11.7. The second-order valence-electron chi connectivity index (χ2n) is 4.14. The first-order valence-corrected chi connectivity index (χ1v) is 6.12. The van der Waals surface area contributed by atoms with Crippen LogP contribution >= 0.6 is 0 Å². The van der Waals surface area contributed by atoms with Crippen molar-refractivity contribution in [1.82, 2.24) is 15.1 Å². The van der Waals surface area contributed by atoms with Gasteiger partial charge in [0.25, 0.3) is 0 Å². The van der Waals surface area contributed by atoms with Crippen molar-refractivity contribution in [2.75, 3.05) is 13.2 Å². The fourth-order valence-corrected chi connectivity index (χ4v) is 1.62. The second kappa shape index (κ2) is 7.13. The van der Waals surface area contributed by atoms with E-state index in [0.29, 0.717) is 25.1 Å². The van der Waals surface area contributed by atoms with Gasteiger partial charge in [-0.3, -0.25) is 4.68 Å². The first-order valence-electron chi connectivity index (χ1n) is 6.12. The van der Waals surface area contributed by atoms with Crippen molar-refractivity contribution >= 4 is 5.97 Å². The first kappa shape index (κ1) is 14.7. The lowest BCUT2D eigenvalue weighted by atomic mass is 10.2. The molecule has 18 heavy (non-hydrogen) atoms. The number of nitrogens with one attached hydrogen (secondary N) is 1. The quantitative estimate of drug-likeness (QED) is 0.692. The molecule has 1 atom stereocenters. The molecule has 0 saturated carbocycles. The van der Waals surface area contributed by atoms with Crippen molar-refractivity contribution in [3.8, 4) is 0 Å². The standard InChI is InChI=1S/C12H21N3O3/c1-4-18-12(17)10-7-14-15(3)11(10)8-13-9(2)5-6-16/h7,9,13,16H,4-6,8H2,1-3H3. The number of carbonyl (C=O) groups excluding carboxylic acids is 1. The lowest BCUT2D eigenvalue weighted by Crippen LogP contribution is -2.28. The highest BCUT2D eigenvalue weighted by Crippen LogP contribution is 2.09. The number of aryl methyl sites for hydroxylation is 1. The summed E-state index contributed by atoms with van der Waals surface area (Å²) in [4.78, 5) is 11.7. The zero-order valence-corrected chi connectivity index (χ0v) is 11.1. The number of aliphatic hydroxyl groups is 1. The van der Waals surface area contributed by atoms with Gasteiger partial charge in [0.05, 0.1) is 18.5 Å². The number of carbonyl (C=O) groups is 1. The average molecular weight is 255 g/mol. The smallest absolute Gasteiger partial charge is 0.341 e. The number of esters is 1. The highest BCUT2D eigenvalue weighted by molar-refractivity contribution is 5.90. The van der Waals surface area contributed by atoms with Gasteiger partial charge in [0.1, 0.15) is 5.56 Å². The zero-order valence-electron chi connectivity index (χ0n) is 11.1. The molecule has 1 aromatic heterocycles. The molecule has 0 aliphatic heterocycles. The van der Waals surface area contributed by atoms with Gasteiger partial charge < -0.3 is 15.2 Å². The van der Waals surface area contributed by atoms with Gasteiger partial charge in [0, 0.05) is 26.2 Å². The van der Waals surface area contributed by atoms with E-state index in [4.69, 9.17) is 9.84 Å². The Kier molecular flexibility index (Phi) is 5.80. The van der Waals surface area contributed by atoms with E-state index in [0.717, 1.165) is 5.69 Å². The monoisotopic (exact) mass is 255 g/mol. The van der Waals surface area contributed by atoms with E-state index in [-0.39, 0.29) is 18.6 Å². The fraction of sp³-hybridized carbons (Fsp3) is 0.667. The van der Waals surface area contributed by atoms with Crippen LogP contribution in [0.15, 0.2) is 6.20 Å². The minimum atomic E-state index is -0.350. The molecule has 6 heteroatoms. The number of hydrogen-bond donors (Lipinski definition) is 2. The molecule has 0 spiro atoms. The van der Waals surface area contributed by atoms with Crippen molar-refractivity contribution in [2.24, 2.45) is 7.05 Å². The van der Waals surface area contributed by atoms with E-state index in [9.17, 15) is 4.79 Å². The molecular formula is C12H21N3O3. The van der Waals surface area contributed by atoms with Gasteiger partial charge in [0.2, 0.25) is 0 Å². The summed E-state index contributed by atoms with van der Waals surface area (Å²) in [5.74, 6) is -0.350. The molecule has 0 aliphatic rings. The number of rotatable bonds is 7. The molecule has 1 unspecified atom stereocenters. The molecule has 2 N–H and O–H groups in total. The van der Waals surface area contributed by atoms with Gasteiger partial charge in [-0.2, -0.15) is 5.10 Å². The Morgan fingerprint density at radius 3 is 3.00 bits per heavy atom. The molecule has 1 heterocycles. The minimum absolute atomic E-state index is 0.143. The predicted octanol–water partition coefficient (Wildman–Crippen LogP) is 0.457. The molecule has 0 aromatic carbocycles. The third-order valence-corrected chi connectivity index (χ3v) is 2.74. The summed E-state index contributed by atoms with van der Waals surface area (Å²) >= 11 is 0. The van der Waals surface area contributed by atoms with E-state index >= 15 is 0 Å². The van der Waals surface area contributed by atoms with Crippen LogP contribution in [-0.4, -0.2) is 40.1 Å². The third-order valence-electron chi connectivity index (χ3n) is 2.74. The molecule has 0 bridgehead atoms. The van der Waals surface area contributed by atoms with E-state index in [1.54, 1.807) is 18.7 Å². The van der Waals surface area contributed by atoms with E-state index in [2.05, 4.69) is 10.4 Å². The average Bonchev–Trinajstić information content (AvgIpc) is 2.69. The normalized spacial score (nSPS) is 12.4. The van der Waals surface area contributed by atoms with Gasteiger partial charge >= 0.3 is 5.97 Å². The number of ether oxygens (including phenoxy) is 1. The molecule has 1 rings (SSSR count). The van der Waals surface area contributed by atoms with Crippen molar-refractivity contribution in [3.63, 3.8) is 0 Å². The molecule has 0 saturated heterocycles. The Labute approximate surface area is 107 Å². The number of nitrogens with zero attached hydrogens (tertiary/aromatic N) is 2. The highest BCUT2D eigenvalue weighted by Gasteiger charge is 2.17. The molecule has 0 amide bonds. The lowest BCUT2D eigenvalue weighted by molar-refractivity contribution is 0.0524. The largest absolute Gasteiger partial charge is 0.462 e. The summed E-state index contributed by atoms with van der Waals surface area (Å²) in [5, 5.41) is 16.1. The van der Waals surface area contributed by atoms with Crippen LogP contribution in [0.25, 0.3) is 0 Å². The molecule has 6 nitrogen and oxygen atoms in total. The second-order valence-corrected chi connectivity index (χ2v) is 4.14. The van der Waals surface area contributed by atoms with Gasteiger partial charge in [-0.25, -0.2) is 4.79 Å². The molecule has 0 radical (unpaired) electrons. The summed E-state index contributed by atoms with van der Waals surface area (Å²) in [7, 11) is 1.79.